The molecule has 3 N–H and O–H groups in total. The highest BCUT2D eigenvalue weighted by atomic mass is 32.2. The summed E-state index contributed by atoms with van der Waals surface area (Å²) in [6.45, 7) is 0.267. The number of aromatic amines is 1. The minimum atomic E-state index is -1.06. The minimum absolute atomic E-state index is 0.125. The van der Waals surface area contributed by atoms with Crippen LogP contribution in [0, 0.1) is 0 Å². The Morgan fingerprint density at radius 2 is 2.04 bits per heavy atom. The Morgan fingerprint density at radius 3 is 2.74 bits per heavy atom. The van der Waals surface area contributed by atoms with Gasteiger partial charge in [-0.1, -0.05) is 12.1 Å². The number of carbonyl (C=O) groups is 1. The summed E-state index contributed by atoms with van der Waals surface area (Å²) >= 11 is 1.55. The first-order valence-electron chi connectivity index (χ1n) is 7.21. The first-order chi connectivity index (χ1) is 11.0. The van der Waals surface area contributed by atoms with Gasteiger partial charge in [0.1, 0.15) is 6.10 Å². The maximum absolute atomic E-state index is 12.3. The fraction of sp³-hybridized carbons (Fsp3) is 0.400. The van der Waals surface area contributed by atoms with Crippen LogP contribution in [0.3, 0.4) is 0 Å². The molecule has 1 aromatic carbocycles. The van der Waals surface area contributed by atoms with Gasteiger partial charge in [0.25, 0.3) is 11.1 Å². The van der Waals surface area contributed by atoms with E-state index in [0.717, 1.165) is 0 Å². The van der Waals surface area contributed by atoms with Crippen LogP contribution >= 0.6 is 11.8 Å². The van der Waals surface area contributed by atoms with Gasteiger partial charge in [-0.05, 0) is 30.6 Å². The predicted molar refractivity (Wildman–Crippen MR) is 90.8 cm³/mol. The van der Waals surface area contributed by atoms with Crippen LogP contribution in [0.4, 0.5) is 0 Å². The summed E-state index contributed by atoms with van der Waals surface area (Å²) in [5.41, 5.74) is -0.677. The molecular weight excluding hydrogens is 318 g/mol. The normalized spacial score (nSPS) is 12.3. The van der Waals surface area contributed by atoms with Crippen molar-refractivity contribution in [3.05, 3.63) is 45.0 Å². The van der Waals surface area contributed by atoms with Crippen molar-refractivity contribution in [2.75, 3.05) is 18.6 Å². The second-order valence-corrected chi connectivity index (χ2v) is 6.02. The van der Waals surface area contributed by atoms with Crippen LogP contribution in [-0.2, 0) is 11.3 Å². The fourth-order valence-electron chi connectivity index (χ4n) is 2.17. The van der Waals surface area contributed by atoms with E-state index in [1.165, 1.54) is 4.68 Å². The number of hydrogen-bond donors (Lipinski definition) is 3. The molecule has 0 bridgehead atoms. The third kappa shape index (κ3) is 4.23. The second-order valence-electron chi connectivity index (χ2n) is 5.03. The smallest absolute Gasteiger partial charge is 0.273 e. The summed E-state index contributed by atoms with van der Waals surface area (Å²) in [7, 11) is 0. The highest BCUT2D eigenvalue weighted by molar-refractivity contribution is 7.98. The number of amides is 1. The van der Waals surface area contributed by atoms with Crippen LogP contribution in [0.15, 0.2) is 33.9 Å². The molecule has 7 nitrogen and oxygen atoms in total. The van der Waals surface area contributed by atoms with Crippen molar-refractivity contribution in [3.8, 4) is 0 Å². The Bertz CT molecular complexity index is 799. The van der Waals surface area contributed by atoms with E-state index in [2.05, 4.69) is 10.4 Å². The molecule has 8 heteroatoms. The third-order valence-electron chi connectivity index (χ3n) is 3.42. The Morgan fingerprint density at radius 1 is 1.35 bits per heavy atom. The number of nitrogens with one attached hydrogen (secondary N) is 2. The first kappa shape index (κ1) is 17.3. The molecule has 0 radical (unpaired) electrons. The van der Waals surface area contributed by atoms with E-state index in [9.17, 15) is 19.5 Å². The van der Waals surface area contributed by atoms with Gasteiger partial charge >= 0.3 is 0 Å². The van der Waals surface area contributed by atoms with Gasteiger partial charge in [-0.25, -0.2) is 4.68 Å². The van der Waals surface area contributed by atoms with Gasteiger partial charge < -0.3 is 10.4 Å². The Labute approximate surface area is 136 Å². The lowest BCUT2D eigenvalue weighted by atomic mass is 10.2. The lowest BCUT2D eigenvalue weighted by molar-refractivity contribution is -0.129. The maximum atomic E-state index is 12.3. The molecule has 0 fully saturated rings. The number of nitrogens with zero attached hydrogens (tertiary/aromatic N) is 1. The van der Waals surface area contributed by atoms with Gasteiger partial charge in [0.2, 0.25) is 5.91 Å². The zero-order chi connectivity index (χ0) is 16.8. The topological polar surface area (TPSA) is 104 Å². The van der Waals surface area contributed by atoms with Gasteiger partial charge in [-0.15, -0.1) is 0 Å². The monoisotopic (exact) mass is 337 g/mol. The highest BCUT2D eigenvalue weighted by Crippen LogP contribution is 2.02. The number of rotatable bonds is 7. The summed E-state index contributed by atoms with van der Waals surface area (Å²) < 4.78 is 1.17. The predicted octanol–water partition coefficient (Wildman–Crippen LogP) is -0.0800. The molecule has 2 aromatic rings. The van der Waals surface area contributed by atoms with Crippen molar-refractivity contribution in [1.29, 1.82) is 0 Å². The Kier molecular flexibility index (Phi) is 6.00. The van der Waals surface area contributed by atoms with Crippen molar-refractivity contribution in [2.24, 2.45) is 0 Å². The van der Waals surface area contributed by atoms with E-state index < -0.39 is 12.0 Å². The summed E-state index contributed by atoms with van der Waals surface area (Å²) in [4.78, 5) is 35.9. The van der Waals surface area contributed by atoms with Crippen molar-refractivity contribution < 1.29 is 9.90 Å². The first-order valence-corrected chi connectivity index (χ1v) is 8.60. The molecule has 2 rings (SSSR count). The molecule has 0 spiro atoms. The number of carbonyl (C=O) groups excluding carboxylic acids is 1. The van der Waals surface area contributed by atoms with Crippen LogP contribution in [-0.4, -0.2) is 45.5 Å². The van der Waals surface area contributed by atoms with Crippen molar-refractivity contribution >= 4 is 28.4 Å². The average molecular weight is 337 g/mol. The molecule has 0 saturated carbocycles. The molecule has 0 aliphatic carbocycles. The zero-order valence-corrected chi connectivity index (χ0v) is 13.6. The van der Waals surface area contributed by atoms with Gasteiger partial charge in [0.05, 0.1) is 17.3 Å². The lowest BCUT2D eigenvalue weighted by Gasteiger charge is -2.11. The zero-order valence-electron chi connectivity index (χ0n) is 12.7. The quantitative estimate of drug-likeness (QED) is 0.655. The fourth-order valence-corrected chi connectivity index (χ4v) is 2.63. The van der Waals surface area contributed by atoms with Crippen molar-refractivity contribution in [3.63, 3.8) is 0 Å². The summed E-state index contributed by atoms with van der Waals surface area (Å²) in [6, 6.07) is 6.56. The molecular formula is C15H19N3O4S. The molecule has 0 aliphatic rings. The molecule has 1 aromatic heterocycles. The second kappa shape index (κ2) is 7.98. The largest absolute Gasteiger partial charge is 0.383 e. The number of aliphatic hydroxyl groups is 1. The van der Waals surface area contributed by atoms with Gasteiger partial charge in [-0.3, -0.25) is 19.5 Å². The highest BCUT2D eigenvalue weighted by Gasteiger charge is 2.14. The summed E-state index contributed by atoms with van der Waals surface area (Å²) in [6.07, 6.45) is 1.21. The molecule has 1 atom stereocenters. The van der Waals surface area contributed by atoms with E-state index in [4.69, 9.17) is 0 Å². The Balaban J connectivity index is 2.03. The van der Waals surface area contributed by atoms with Crippen LogP contribution < -0.4 is 16.4 Å². The molecule has 124 valence electrons. The standard InChI is InChI=1S/C15H19N3O4S/c1-23-9-6-12(19)14(21)16-7-8-18-15(22)11-5-3-2-4-10(11)13(20)17-18/h2-5,12,19H,6-9H2,1H3,(H,16,21)(H,17,20). The van der Waals surface area contributed by atoms with Crippen LogP contribution in [0.1, 0.15) is 6.42 Å². The summed E-state index contributed by atoms with van der Waals surface area (Å²) in [5.74, 6) is 0.210. The number of hydrogen-bond acceptors (Lipinski definition) is 5. The SMILES string of the molecule is CSCCC(O)C(=O)NCCn1[nH]c(=O)c2ccccc2c1=O. The molecule has 23 heavy (non-hydrogen) atoms. The van der Waals surface area contributed by atoms with E-state index in [1.54, 1.807) is 36.0 Å². The van der Waals surface area contributed by atoms with Crippen LogP contribution in [0.2, 0.25) is 0 Å². The van der Waals surface area contributed by atoms with E-state index in [1.807, 2.05) is 6.26 Å². The van der Waals surface area contributed by atoms with E-state index in [0.29, 0.717) is 22.9 Å². The average Bonchev–Trinajstić information content (AvgIpc) is 2.56. The number of benzene rings is 1. The molecule has 0 saturated heterocycles. The van der Waals surface area contributed by atoms with Gasteiger partial charge in [0, 0.05) is 6.54 Å². The number of aromatic nitrogens is 2. The van der Waals surface area contributed by atoms with E-state index in [-0.39, 0.29) is 24.2 Å². The number of fused-ring (bicyclic) bond motifs is 1. The maximum Gasteiger partial charge on any atom is 0.273 e. The van der Waals surface area contributed by atoms with E-state index >= 15 is 0 Å². The summed E-state index contributed by atoms with van der Waals surface area (Å²) in [5, 5.41) is 15.4. The van der Waals surface area contributed by atoms with Crippen molar-refractivity contribution in [2.45, 2.75) is 19.1 Å². The molecule has 0 aliphatic heterocycles. The molecule has 1 amide bonds. The van der Waals surface area contributed by atoms with Crippen molar-refractivity contribution in [1.82, 2.24) is 15.1 Å². The Hall–Kier alpha value is -2.06. The van der Waals surface area contributed by atoms with Gasteiger partial charge in [0.15, 0.2) is 0 Å². The van der Waals surface area contributed by atoms with Gasteiger partial charge in [-0.2, -0.15) is 11.8 Å². The number of H-pyrrole nitrogens is 1. The lowest BCUT2D eigenvalue weighted by Crippen LogP contribution is -2.39. The minimum Gasteiger partial charge on any atom is -0.383 e. The number of thioether (sulfide) groups is 1. The molecule has 1 heterocycles. The third-order valence-corrected chi connectivity index (χ3v) is 4.06. The number of aliphatic hydroxyl groups excluding tert-OH is 1. The van der Waals surface area contributed by atoms with Crippen LogP contribution in [0.25, 0.3) is 10.8 Å². The molecule has 1 unspecified atom stereocenters. The van der Waals surface area contributed by atoms with Crippen LogP contribution in [0.5, 0.6) is 0 Å².